The third kappa shape index (κ3) is 3.63. The molecule has 1 aromatic heterocycles. The van der Waals surface area contributed by atoms with E-state index in [1.165, 1.54) is 24.0 Å². The van der Waals surface area contributed by atoms with Crippen LogP contribution in [0, 0.1) is 12.8 Å². The summed E-state index contributed by atoms with van der Waals surface area (Å²) in [5.74, 6) is 0.753. The molecule has 2 nitrogen and oxygen atoms in total. The predicted molar refractivity (Wildman–Crippen MR) is 64.8 cm³/mol. The first-order valence-electron chi connectivity index (χ1n) is 5.76. The third-order valence-electron chi connectivity index (χ3n) is 2.98. The second kappa shape index (κ2) is 5.86. The molecule has 0 amide bonds. The van der Waals surface area contributed by atoms with Crippen molar-refractivity contribution in [1.82, 2.24) is 10.3 Å². The van der Waals surface area contributed by atoms with E-state index < -0.39 is 0 Å². The Hall–Kier alpha value is -0.890. The van der Waals surface area contributed by atoms with Crippen molar-refractivity contribution in [3.8, 4) is 0 Å². The van der Waals surface area contributed by atoms with Crippen LogP contribution in [0.2, 0.25) is 0 Å². The van der Waals surface area contributed by atoms with E-state index in [1.54, 1.807) is 0 Å². The summed E-state index contributed by atoms with van der Waals surface area (Å²) in [7, 11) is 2.02. The average Bonchev–Trinajstić information content (AvgIpc) is 2.25. The molecule has 0 saturated carbocycles. The molecule has 1 N–H and O–H groups in total. The zero-order valence-electron chi connectivity index (χ0n) is 10.2. The molecule has 1 heterocycles. The lowest BCUT2D eigenvalue weighted by Gasteiger charge is -2.20. The lowest BCUT2D eigenvalue weighted by atomic mass is 9.95. The van der Waals surface area contributed by atoms with Gasteiger partial charge in [0.1, 0.15) is 0 Å². The minimum atomic E-state index is 0.437. The molecule has 0 bridgehead atoms. The van der Waals surface area contributed by atoms with Crippen molar-refractivity contribution in [3.05, 3.63) is 29.6 Å². The van der Waals surface area contributed by atoms with E-state index in [1.807, 2.05) is 19.4 Å². The van der Waals surface area contributed by atoms with Crippen molar-refractivity contribution >= 4 is 0 Å². The summed E-state index contributed by atoms with van der Waals surface area (Å²) in [5.41, 5.74) is 2.54. The van der Waals surface area contributed by atoms with E-state index in [9.17, 15) is 0 Å². The summed E-state index contributed by atoms with van der Waals surface area (Å²) in [6, 6.07) is 2.66. The molecular formula is C13H22N2. The van der Waals surface area contributed by atoms with Gasteiger partial charge < -0.3 is 5.32 Å². The highest BCUT2D eigenvalue weighted by Gasteiger charge is 2.12. The number of rotatable bonds is 5. The van der Waals surface area contributed by atoms with Crippen LogP contribution in [-0.4, -0.2) is 12.0 Å². The topological polar surface area (TPSA) is 24.9 Å². The van der Waals surface area contributed by atoms with Crippen LogP contribution in [0.1, 0.15) is 43.9 Å². The van der Waals surface area contributed by atoms with Gasteiger partial charge in [-0.05, 0) is 37.4 Å². The Morgan fingerprint density at radius 1 is 1.40 bits per heavy atom. The first-order valence-corrected chi connectivity index (χ1v) is 5.76. The number of nitrogens with zero attached hydrogens (tertiary/aromatic N) is 1. The summed E-state index contributed by atoms with van der Waals surface area (Å²) in [4.78, 5) is 4.25. The van der Waals surface area contributed by atoms with Crippen LogP contribution < -0.4 is 5.32 Å². The van der Waals surface area contributed by atoms with E-state index in [0.29, 0.717) is 6.04 Å². The standard InChI is InChI=1S/C13H22N2/c1-5-10(2)7-13(14-4)12-6-11(3)8-15-9-12/h6,8-10,13-14H,5,7H2,1-4H3. The molecular weight excluding hydrogens is 184 g/mol. The minimum Gasteiger partial charge on any atom is -0.313 e. The van der Waals surface area contributed by atoms with Crippen LogP contribution in [0.5, 0.6) is 0 Å². The minimum absolute atomic E-state index is 0.437. The first kappa shape index (κ1) is 12.2. The number of aromatic nitrogens is 1. The SMILES string of the molecule is CCC(C)CC(NC)c1cncc(C)c1. The molecule has 0 aliphatic rings. The van der Waals surface area contributed by atoms with Crippen LogP contribution in [0.15, 0.2) is 18.5 Å². The summed E-state index contributed by atoms with van der Waals surface area (Å²) in [6.07, 6.45) is 6.28. The van der Waals surface area contributed by atoms with E-state index in [0.717, 1.165) is 5.92 Å². The Morgan fingerprint density at radius 3 is 2.67 bits per heavy atom. The van der Waals surface area contributed by atoms with E-state index in [4.69, 9.17) is 0 Å². The fourth-order valence-corrected chi connectivity index (χ4v) is 1.76. The lowest BCUT2D eigenvalue weighted by Crippen LogP contribution is -2.19. The molecule has 0 saturated heterocycles. The number of aryl methyl sites for hydroxylation is 1. The molecule has 2 heteroatoms. The highest BCUT2D eigenvalue weighted by atomic mass is 14.9. The number of hydrogen-bond acceptors (Lipinski definition) is 2. The van der Waals surface area contributed by atoms with E-state index in [-0.39, 0.29) is 0 Å². The van der Waals surface area contributed by atoms with Crippen LogP contribution >= 0.6 is 0 Å². The fraction of sp³-hybridized carbons (Fsp3) is 0.615. The van der Waals surface area contributed by atoms with Gasteiger partial charge in [-0.15, -0.1) is 0 Å². The Balaban J connectivity index is 2.73. The molecule has 2 atom stereocenters. The van der Waals surface area contributed by atoms with Gasteiger partial charge in [0, 0.05) is 18.4 Å². The molecule has 0 fully saturated rings. The maximum atomic E-state index is 4.25. The summed E-state index contributed by atoms with van der Waals surface area (Å²) in [6.45, 7) is 6.63. The zero-order chi connectivity index (χ0) is 11.3. The molecule has 0 aliphatic heterocycles. The van der Waals surface area contributed by atoms with Gasteiger partial charge in [-0.2, -0.15) is 0 Å². The van der Waals surface area contributed by atoms with Gasteiger partial charge in [-0.3, -0.25) is 4.98 Å². The highest BCUT2D eigenvalue weighted by molar-refractivity contribution is 5.20. The molecule has 2 unspecified atom stereocenters. The van der Waals surface area contributed by atoms with Crippen molar-refractivity contribution in [1.29, 1.82) is 0 Å². The van der Waals surface area contributed by atoms with Crippen molar-refractivity contribution in [3.63, 3.8) is 0 Å². The third-order valence-corrected chi connectivity index (χ3v) is 2.98. The van der Waals surface area contributed by atoms with E-state index >= 15 is 0 Å². The molecule has 0 aromatic carbocycles. The fourth-order valence-electron chi connectivity index (χ4n) is 1.76. The van der Waals surface area contributed by atoms with Crippen molar-refractivity contribution in [2.45, 2.75) is 39.7 Å². The second-order valence-electron chi connectivity index (χ2n) is 4.39. The summed E-state index contributed by atoms with van der Waals surface area (Å²) < 4.78 is 0. The maximum absolute atomic E-state index is 4.25. The van der Waals surface area contributed by atoms with Crippen molar-refractivity contribution in [2.24, 2.45) is 5.92 Å². The summed E-state index contributed by atoms with van der Waals surface area (Å²) >= 11 is 0. The van der Waals surface area contributed by atoms with Gasteiger partial charge in [0.25, 0.3) is 0 Å². The van der Waals surface area contributed by atoms with Crippen LogP contribution in [0.4, 0.5) is 0 Å². The smallest absolute Gasteiger partial charge is 0.0335 e. The van der Waals surface area contributed by atoms with Gasteiger partial charge in [0.15, 0.2) is 0 Å². The van der Waals surface area contributed by atoms with Gasteiger partial charge >= 0.3 is 0 Å². The number of pyridine rings is 1. The molecule has 0 aliphatic carbocycles. The molecule has 84 valence electrons. The Kier molecular flexibility index (Phi) is 4.76. The van der Waals surface area contributed by atoms with Crippen LogP contribution in [-0.2, 0) is 0 Å². The molecule has 15 heavy (non-hydrogen) atoms. The molecule has 0 radical (unpaired) electrons. The van der Waals surface area contributed by atoms with Crippen molar-refractivity contribution < 1.29 is 0 Å². The molecule has 1 rings (SSSR count). The Bertz CT molecular complexity index is 296. The van der Waals surface area contributed by atoms with Gasteiger partial charge in [0.05, 0.1) is 0 Å². The molecule has 1 aromatic rings. The van der Waals surface area contributed by atoms with E-state index in [2.05, 4.69) is 37.1 Å². The largest absolute Gasteiger partial charge is 0.313 e. The van der Waals surface area contributed by atoms with Crippen LogP contribution in [0.3, 0.4) is 0 Å². The quantitative estimate of drug-likeness (QED) is 0.800. The first-order chi connectivity index (χ1) is 7.17. The molecule has 0 spiro atoms. The monoisotopic (exact) mass is 206 g/mol. The summed E-state index contributed by atoms with van der Waals surface area (Å²) in [5, 5.41) is 3.37. The van der Waals surface area contributed by atoms with Crippen LogP contribution in [0.25, 0.3) is 0 Å². The Labute approximate surface area is 93.1 Å². The second-order valence-corrected chi connectivity index (χ2v) is 4.39. The van der Waals surface area contributed by atoms with Gasteiger partial charge in [-0.25, -0.2) is 0 Å². The Morgan fingerprint density at radius 2 is 2.13 bits per heavy atom. The average molecular weight is 206 g/mol. The zero-order valence-corrected chi connectivity index (χ0v) is 10.2. The van der Waals surface area contributed by atoms with Gasteiger partial charge in [0.2, 0.25) is 0 Å². The number of hydrogen-bond donors (Lipinski definition) is 1. The predicted octanol–water partition coefficient (Wildman–Crippen LogP) is 3.09. The number of nitrogens with one attached hydrogen (secondary N) is 1. The van der Waals surface area contributed by atoms with Gasteiger partial charge in [-0.1, -0.05) is 26.3 Å². The van der Waals surface area contributed by atoms with Crippen molar-refractivity contribution in [2.75, 3.05) is 7.05 Å². The highest BCUT2D eigenvalue weighted by Crippen LogP contribution is 2.22. The lowest BCUT2D eigenvalue weighted by molar-refractivity contribution is 0.421. The normalized spacial score (nSPS) is 14.9. The maximum Gasteiger partial charge on any atom is 0.0335 e.